The van der Waals surface area contributed by atoms with Gasteiger partial charge in [-0.2, -0.15) is 0 Å². The van der Waals surface area contributed by atoms with Gasteiger partial charge in [0.1, 0.15) is 10.3 Å². The van der Waals surface area contributed by atoms with Gasteiger partial charge < -0.3 is 0 Å². The number of carbonyl (C=O) groups is 1. The smallest absolute Gasteiger partial charge is 0.193 e. The highest BCUT2D eigenvalue weighted by Crippen LogP contribution is 2.04. The zero-order valence-corrected chi connectivity index (χ0v) is 8.59. The van der Waals surface area contributed by atoms with E-state index in [1.165, 1.54) is 0 Å². The molecule has 0 N–H and O–H groups in total. The van der Waals surface area contributed by atoms with Gasteiger partial charge >= 0.3 is 0 Å². The molecule has 1 aromatic rings. The Morgan fingerprint density at radius 1 is 1.45 bits per heavy atom. The van der Waals surface area contributed by atoms with Crippen molar-refractivity contribution in [2.45, 2.75) is 0 Å². The molecular formula is C6H4Br2N2O. The monoisotopic (exact) mass is 278 g/mol. The Labute approximate surface area is 80.5 Å². The summed E-state index contributed by atoms with van der Waals surface area (Å²) in [5.41, 5.74) is 0.380. The summed E-state index contributed by atoms with van der Waals surface area (Å²) in [7, 11) is 0. The van der Waals surface area contributed by atoms with Crippen molar-refractivity contribution < 1.29 is 4.79 Å². The van der Waals surface area contributed by atoms with E-state index in [4.69, 9.17) is 0 Å². The van der Waals surface area contributed by atoms with E-state index in [1.807, 2.05) is 0 Å². The standard InChI is InChI=1S/C6H4Br2N2O/c7-3-5(11)4-1-2-6(8)10-9-4/h1-2H,3H2. The minimum absolute atomic E-state index is 0.0648. The molecule has 0 aliphatic carbocycles. The van der Waals surface area contributed by atoms with Crippen molar-refractivity contribution >= 4 is 37.6 Å². The average Bonchev–Trinajstić information content (AvgIpc) is 2.05. The van der Waals surface area contributed by atoms with Crippen molar-refractivity contribution in [2.24, 2.45) is 0 Å². The number of nitrogens with zero attached hydrogens (tertiary/aromatic N) is 2. The number of hydrogen-bond acceptors (Lipinski definition) is 3. The predicted molar refractivity (Wildman–Crippen MR) is 47.9 cm³/mol. The Hall–Kier alpha value is -0.290. The zero-order chi connectivity index (χ0) is 8.27. The summed E-state index contributed by atoms with van der Waals surface area (Å²) < 4.78 is 0.628. The van der Waals surface area contributed by atoms with Crippen LogP contribution in [-0.4, -0.2) is 21.3 Å². The highest BCUT2D eigenvalue weighted by molar-refractivity contribution is 9.10. The molecule has 11 heavy (non-hydrogen) atoms. The number of Topliss-reactive ketones (excluding diaryl/α,β-unsaturated/α-hetero) is 1. The molecule has 3 nitrogen and oxygen atoms in total. The third kappa shape index (κ3) is 2.34. The van der Waals surface area contributed by atoms with Gasteiger partial charge in [0.05, 0.1) is 5.33 Å². The lowest BCUT2D eigenvalue weighted by Gasteiger charge is -1.92. The van der Waals surface area contributed by atoms with Crippen LogP contribution in [0.5, 0.6) is 0 Å². The zero-order valence-electron chi connectivity index (χ0n) is 5.42. The molecule has 5 heteroatoms. The van der Waals surface area contributed by atoms with E-state index < -0.39 is 0 Å². The topological polar surface area (TPSA) is 42.9 Å². The van der Waals surface area contributed by atoms with Crippen molar-refractivity contribution in [3.63, 3.8) is 0 Å². The lowest BCUT2D eigenvalue weighted by atomic mass is 10.3. The van der Waals surface area contributed by atoms with Gasteiger partial charge in [-0.1, -0.05) is 15.9 Å². The average molecular weight is 280 g/mol. The maximum atomic E-state index is 11.0. The minimum atomic E-state index is -0.0648. The third-order valence-electron chi connectivity index (χ3n) is 1.04. The van der Waals surface area contributed by atoms with E-state index in [0.29, 0.717) is 10.3 Å². The Balaban J connectivity index is 2.90. The summed E-state index contributed by atoms with van der Waals surface area (Å²) in [5, 5.41) is 7.63. The van der Waals surface area contributed by atoms with Crippen LogP contribution in [0.2, 0.25) is 0 Å². The minimum Gasteiger partial charge on any atom is -0.291 e. The molecule has 0 bridgehead atoms. The SMILES string of the molecule is O=C(CBr)c1ccc(Br)nn1. The number of carbonyl (C=O) groups excluding carboxylic acids is 1. The summed E-state index contributed by atoms with van der Waals surface area (Å²) in [6, 6.07) is 3.31. The molecule has 0 aliphatic heterocycles. The van der Waals surface area contributed by atoms with Gasteiger partial charge in [0, 0.05) is 0 Å². The summed E-state index contributed by atoms with van der Waals surface area (Å²) in [6.45, 7) is 0. The van der Waals surface area contributed by atoms with Crippen LogP contribution in [0.15, 0.2) is 16.7 Å². The van der Waals surface area contributed by atoms with Crippen LogP contribution in [0, 0.1) is 0 Å². The Kier molecular flexibility index (Phi) is 3.14. The van der Waals surface area contributed by atoms with E-state index >= 15 is 0 Å². The van der Waals surface area contributed by atoms with Gasteiger partial charge in [0.25, 0.3) is 0 Å². The van der Waals surface area contributed by atoms with E-state index in [2.05, 4.69) is 42.1 Å². The summed E-state index contributed by atoms with van der Waals surface area (Å²) in [4.78, 5) is 11.0. The second-order valence-corrected chi connectivity index (χ2v) is 3.17. The van der Waals surface area contributed by atoms with Crippen LogP contribution >= 0.6 is 31.9 Å². The number of rotatable bonds is 2. The quantitative estimate of drug-likeness (QED) is 0.613. The Bertz CT molecular complexity index is 260. The molecule has 1 rings (SSSR count). The molecule has 1 heterocycles. The third-order valence-corrected chi connectivity index (χ3v) is 1.97. The molecule has 58 valence electrons. The largest absolute Gasteiger partial charge is 0.291 e. The molecule has 0 saturated heterocycles. The first-order valence-corrected chi connectivity index (χ1v) is 4.74. The van der Waals surface area contributed by atoms with Crippen molar-refractivity contribution in [3.05, 3.63) is 22.4 Å². The Morgan fingerprint density at radius 2 is 2.18 bits per heavy atom. The number of halogens is 2. The first kappa shape index (κ1) is 8.80. The van der Waals surface area contributed by atoms with E-state index in [0.717, 1.165) is 0 Å². The fraction of sp³-hybridized carbons (Fsp3) is 0.167. The van der Waals surface area contributed by atoms with Crippen molar-refractivity contribution in [2.75, 3.05) is 5.33 Å². The van der Waals surface area contributed by atoms with E-state index in [1.54, 1.807) is 12.1 Å². The first-order valence-electron chi connectivity index (χ1n) is 2.82. The summed E-state index contributed by atoms with van der Waals surface area (Å²) >= 11 is 6.16. The number of aromatic nitrogens is 2. The first-order chi connectivity index (χ1) is 5.24. The molecule has 0 atom stereocenters. The van der Waals surface area contributed by atoms with Gasteiger partial charge in [0.2, 0.25) is 0 Å². The van der Waals surface area contributed by atoms with Crippen LogP contribution in [-0.2, 0) is 0 Å². The number of alkyl halides is 1. The lowest BCUT2D eigenvalue weighted by Crippen LogP contribution is -2.03. The van der Waals surface area contributed by atoms with Crippen molar-refractivity contribution in [1.29, 1.82) is 0 Å². The molecule has 0 fully saturated rings. The number of hydrogen-bond donors (Lipinski definition) is 0. The van der Waals surface area contributed by atoms with Gasteiger partial charge in [0.15, 0.2) is 5.78 Å². The summed E-state index contributed by atoms with van der Waals surface area (Å²) in [6.07, 6.45) is 0. The molecule has 0 unspecified atom stereocenters. The molecule has 0 saturated carbocycles. The molecule has 0 aliphatic rings. The molecule has 0 radical (unpaired) electrons. The van der Waals surface area contributed by atoms with Gasteiger partial charge in [-0.15, -0.1) is 10.2 Å². The number of ketones is 1. The maximum absolute atomic E-state index is 11.0. The van der Waals surface area contributed by atoms with Crippen LogP contribution in [0.3, 0.4) is 0 Å². The molecular weight excluding hydrogens is 276 g/mol. The fourth-order valence-corrected chi connectivity index (χ4v) is 1.03. The van der Waals surface area contributed by atoms with Gasteiger partial charge in [-0.3, -0.25) is 4.79 Å². The van der Waals surface area contributed by atoms with Gasteiger partial charge in [-0.05, 0) is 28.1 Å². The molecule has 1 aromatic heterocycles. The second-order valence-electron chi connectivity index (χ2n) is 1.80. The maximum Gasteiger partial charge on any atom is 0.193 e. The highest BCUT2D eigenvalue weighted by atomic mass is 79.9. The predicted octanol–water partition coefficient (Wildman–Crippen LogP) is 1.82. The lowest BCUT2D eigenvalue weighted by molar-refractivity contribution is 0.101. The normalized spacial score (nSPS) is 9.64. The molecule has 0 amide bonds. The van der Waals surface area contributed by atoms with Crippen molar-refractivity contribution in [3.8, 4) is 0 Å². The molecule has 0 aromatic carbocycles. The van der Waals surface area contributed by atoms with Crippen LogP contribution in [0.1, 0.15) is 10.5 Å². The van der Waals surface area contributed by atoms with Crippen LogP contribution < -0.4 is 0 Å². The Morgan fingerprint density at radius 3 is 2.64 bits per heavy atom. The fourth-order valence-electron chi connectivity index (χ4n) is 0.533. The van der Waals surface area contributed by atoms with Crippen LogP contribution in [0.25, 0.3) is 0 Å². The molecule has 0 spiro atoms. The highest BCUT2D eigenvalue weighted by Gasteiger charge is 2.04. The van der Waals surface area contributed by atoms with E-state index in [-0.39, 0.29) is 11.1 Å². The van der Waals surface area contributed by atoms with E-state index in [9.17, 15) is 4.79 Å². The summed E-state index contributed by atoms with van der Waals surface area (Å²) in [5.74, 6) is -0.0648. The second kappa shape index (κ2) is 3.92. The van der Waals surface area contributed by atoms with Crippen LogP contribution in [0.4, 0.5) is 0 Å². The van der Waals surface area contributed by atoms with Gasteiger partial charge in [-0.25, -0.2) is 0 Å². The van der Waals surface area contributed by atoms with Crippen molar-refractivity contribution in [1.82, 2.24) is 10.2 Å².